The molecule has 2 N–H and O–H groups in total. The molecule has 0 saturated carbocycles. The van der Waals surface area contributed by atoms with Gasteiger partial charge in [0.15, 0.2) is 0 Å². The number of nitrogens with two attached hydrogens (primary N) is 1. The van der Waals surface area contributed by atoms with Crippen LogP contribution in [0.4, 0.5) is 10.1 Å². The zero-order valence-corrected chi connectivity index (χ0v) is 11.5. The van der Waals surface area contributed by atoms with Crippen molar-refractivity contribution in [3.05, 3.63) is 65.5 Å². The minimum absolute atomic E-state index is 0.235. The first-order chi connectivity index (χ1) is 9.06. The molecule has 0 fully saturated rings. The number of anilines is 1. The van der Waals surface area contributed by atoms with E-state index in [1.807, 2.05) is 42.3 Å². The van der Waals surface area contributed by atoms with Crippen LogP contribution >= 0.6 is 12.2 Å². The summed E-state index contributed by atoms with van der Waals surface area (Å²) in [6, 6.07) is 14.3. The first kappa shape index (κ1) is 13.5. The number of halogens is 1. The summed E-state index contributed by atoms with van der Waals surface area (Å²) in [6.45, 7) is 0.667. The van der Waals surface area contributed by atoms with Crippen molar-refractivity contribution in [3.8, 4) is 0 Å². The molecule has 0 heterocycles. The van der Waals surface area contributed by atoms with Crippen molar-refractivity contribution >= 4 is 22.9 Å². The van der Waals surface area contributed by atoms with E-state index in [9.17, 15) is 4.39 Å². The molecule has 4 heteroatoms. The molecule has 0 radical (unpaired) electrons. The average molecular weight is 274 g/mol. The SMILES string of the molecule is CN(Cc1cccc(C(N)=S)c1)c1cccc(F)c1. The van der Waals surface area contributed by atoms with Gasteiger partial charge in [-0.1, -0.05) is 36.5 Å². The van der Waals surface area contributed by atoms with Gasteiger partial charge in [0.2, 0.25) is 0 Å². The minimum atomic E-state index is -0.235. The van der Waals surface area contributed by atoms with Crippen molar-refractivity contribution < 1.29 is 4.39 Å². The smallest absolute Gasteiger partial charge is 0.125 e. The van der Waals surface area contributed by atoms with Gasteiger partial charge in [-0.05, 0) is 29.8 Å². The maximum Gasteiger partial charge on any atom is 0.125 e. The van der Waals surface area contributed by atoms with Crippen molar-refractivity contribution in [2.75, 3.05) is 11.9 Å². The van der Waals surface area contributed by atoms with E-state index < -0.39 is 0 Å². The predicted octanol–water partition coefficient (Wildman–Crippen LogP) is 3.10. The fourth-order valence-electron chi connectivity index (χ4n) is 1.90. The zero-order valence-electron chi connectivity index (χ0n) is 10.6. The van der Waals surface area contributed by atoms with E-state index in [1.165, 1.54) is 12.1 Å². The summed E-state index contributed by atoms with van der Waals surface area (Å²) < 4.78 is 13.2. The molecule has 0 spiro atoms. The standard InChI is InChI=1S/C15H15FN2S/c1-18(14-7-3-6-13(16)9-14)10-11-4-2-5-12(8-11)15(17)19/h2-9H,10H2,1H3,(H2,17,19). The number of thiocarbonyl (C=S) groups is 1. The maximum atomic E-state index is 13.2. The van der Waals surface area contributed by atoms with Crippen LogP contribution in [0.3, 0.4) is 0 Å². The van der Waals surface area contributed by atoms with Crippen LogP contribution in [-0.2, 0) is 6.54 Å². The highest BCUT2D eigenvalue weighted by atomic mass is 32.1. The van der Waals surface area contributed by atoms with Crippen molar-refractivity contribution in [2.45, 2.75) is 6.54 Å². The van der Waals surface area contributed by atoms with Crippen LogP contribution in [0.5, 0.6) is 0 Å². The molecule has 0 amide bonds. The third-order valence-corrected chi connectivity index (χ3v) is 3.12. The summed E-state index contributed by atoms with van der Waals surface area (Å²) in [5, 5.41) is 0. The zero-order chi connectivity index (χ0) is 13.8. The third-order valence-electron chi connectivity index (χ3n) is 2.88. The van der Waals surface area contributed by atoms with Gasteiger partial charge in [-0.3, -0.25) is 0 Å². The van der Waals surface area contributed by atoms with Crippen LogP contribution in [0.2, 0.25) is 0 Å². The van der Waals surface area contributed by atoms with Gasteiger partial charge in [0.1, 0.15) is 10.8 Å². The van der Waals surface area contributed by atoms with Crippen LogP contribution < -0.4 is 10.6 Å². The summed E-state index contributed by atoms with van der Waals surface area (Å²) in [4.78, 5) is 2.36. The van der Waals surface area contributed by atoms with Crippen molar-refractivity contribution in [2.24, 2.45) is 5.73 Å². The molecule has 0 bridgehead atoms. The van der Waals surface area contributed by atoms with E-state index in [0.717, 1.165) is 16.8 Å². The second-order valence-corrected chi connectivity index (χ2v) is 4.84. The molecular weight excluding hydrogens is 259 g/mol. The van der Waals surface area contributed by atoms with Gasteiger partial charge >= 0.3 is 0 Å². The molecule has 2 nitrogen and oxygen atoms in total. The van der Waals surface area contributed by atoms with Crippen LogP contribution in [0, 0.1) is 5.82 Å². The lowest BCUT2D eigenvalue weighted by Gasteiger charge is -2.19. The predicted molar refractivity (Wildman–Crippen MR) is 80.8 cm³/mol. The van der Waals surface area contributed by atoms with E-state index in [2.05, 4.69) is 0 Å². The molecule has 0 aromatic heterocycles. The topological polar surface area (TPSA) is 29.3 Å². The first-order valence-electron chi connectivity index (χ1n) is 5.92. The number of nitrogens with zero attached hydrogens (tertiary/aromatic N) is 1. The Kier molecular flexibility index (Phi) is 4.12. The molecule has 0 atom stereocenters. The van der Waals surface area contributed by atoms with Gasteiger partial charge in [0.05, 0.1) is 0 Å². The molecule has 0 unspecified atom stereocenters. The summed E-state index contributed by atoms with van der Waals surface area (Å²) in [5.74, 6) is -0.235. The second-order valence-electron chi connectivity index (χ2n) is 4.40. The normalized spacial score (nSPS) is 10.2. The van der Waals surface area contributed by atoms with E-state index >= 15 is 0 Å². The first-order valence-corrected chi connectivity index (χ1v) is 6.32. The summed E-state index contributed by atoms with van der Waals surface area (Å²) in [5.41, 5.74) is 8.37. The fraction of sp³-hybridized carbons (Fsp3) is 0.133. The van der Waals surface area contributed by atoms with Crippen LogP contribution in [0.1, 0.15) is 11.1 Å². The molecule has 19 heavy (non-hydrogen) atoms. The Hall–Kier alpha value is -1.94. The van der Waals surface area contributed by atoms with E-state index in [0.29, 0.717) is 11.5 Å². The lowest BCUT2D eigenvalue weighted by molar-refractivity contribution is 0.627. The Morgan fingerprint density at radius 3 is 2.63 bits per heavy atom. The third kappa shape index (κ3) is 3.51. The molecule has 0 aliphatic rings. The highest BCUT2D eigenvalue weighted by Gasteiger charge is 2.04. The Bertz CT molecular complexity index is 598. The van der Waals surface area contributed by atoms with Gasteiger partial charge in [-0.2, -0.15) is 0 Å². The van der Waals surface area contributed by atoms with Gasteiger partial charge in [-0.15, -0.1) is 0 Å². The van der Waals surface area contributed by atoms with E-state index in [-0.39, 0.29) is 5.82 Å². The van der Waals surface area contributed by atoms with Crippen molar-refractivity contribution in [1.29, 1.82) is 0 Å². The lowest BCUT2D eigenvalue weighted by atomic mass is 10.1. The number of hydrogen-bond donors (Lipinski definition) is 1. The van der Waals surface area contributed by atoms with Crippen LogP contribution in [-0.4, -0.2) is 12.0 Å². The van der Waals surface area contributed by atoms with Gasteiger partial charge in [-0.25, -0.2) is 4.39 Å². The molecule has 2 aromatic carbocycles. The maximum absolute atomic E-state index is 13.2. The summed E-state index contributed by atoms with van der Waals surface area (Å²) in [7, 11) is 1.92. The quantitative estimate of drug-likeness (QED) is 0.869. The highest BCUT2D eigenvalue weighted by molar-refractivity contribution is 7.80. The number of hydrogen-bond acceptors (Lipinski definition) is 2. The molecule has 2 rings (SSSR count). The highest BCUT2D eigenvalue weighted by Crippen LogP contribution is 2.17. The summed E-state index contributed by atoms with van der Waals surface area (Å²) >= 11 is 4.96. The Morgan fingerprint density at radius 2 is 1.95 bits per heavy atom. The van der Waals surface area contributed by atoms with Crippen molar-refractivity contribution in [3.63, 3.8) is 0 Å². The molecule has 0 aliphatic carbocycles. The van der Waals surface area contributed by atoms with Gasteiger partial charge in [0, 0.05) is 24.8 Å². The van der Waals surface area contributed by atoms with Gasteiger partial charge < -0.3 is 10.6 Å². The van der Waals surface area contributed by atoms with E-state index in [4.69, 9.17) is 18.0 Å². The van der Waals surface area contributed by atoms with Gasteiger partial charge in [0.25, 0.3) is 0 Å². The average Bonchev–Trinajstić information content (AvgIpc) is 2.39. The Labute approximate surface area is 117 Å². The molecule has 98 valence electrons. The second kappa shape index (κ2) is 5.80. The minimum Gasteiger partial charge on any atom is -0.389 e. The van der Waals surface area contributed by atoms with E-state index in [1.54, 1.807) is 6.07 Å². The summed E-state index contributed by atoms with van der Waals surface area (Å²) in [6.07, 6.45) is 0. The van der Waals surface area contributed by atoms with Crippen LogP contribution in [0.25, 0.3) is 0 Å². The van der Waals surface area contributed by atoms with Crippen molar-refractivity contribution in [1.82, 2.24) is 0 Å². The Balaban J connectivity index is 2.17. The molecular formula is C15H15FN2S. The molecule has 2 aromatic rings. The number of rotatable bonds is 4. The van der Waals surface area contributed by atoms with Crippen LogP contribution in [0.15, 0.2) is 48.5 Å². The fourth-order valence-corrected chi connectivity index (χ4v) is 2.03. The molecule has 0 aliphatic heterocycles. The Morgan fingerprint density at radius 1 is 1.21 bits per heavy atom. The largest absolute Gasteiger partial charge is 0.389 e. The number of benzene rings is 2. The monoisotopic (exact) mass is 274 g/mol. The molecule has 0 saturated heterocycles. The lowest BCUT2D eigenvalue weighted by Crippen LogP contribution is -2.17.